The number of anilines is 1. The highest BCUT2D eigenvalue weighted by Gasteiger charge is 2.46. The number of pyridine rings is 1. The van der Waals surface area contributed by atoms with Gasteiger partial charge >= 0.3 is 0 Å². The number of halogens is 1. The second-order valence-corrected chi connectivity index (χ2v) is 10.5. The van der Waals surface area contributed by atoms with E-state index in [1.807, 2.05) is 6.07 Å². The average Bonchev–Trinajstić information content (AvgIpc) is 3.65. The number of aliphatic hydroxyl groups is 1. The Morgan fingerprint density at radius 3 is 2.63 bits per heavy atom. The van der Waals surface area contributed by atoms with Gasteiger partial charge in [0, 0.05) is 23.5 Å². The lowest BCUT2D eigenvalue weighted by Crippen LogP contribution is -2.31. The van der Waals surface area contributed by atoms with Crippen LogP contribution in [0.5, 0.6) is 0 Å². The number of carbonyl (C=O) groups excluding carboxylic acids is 2. The fraction of sp³-hybridized carbons (Fsp3) is 0.0741. The Bertz CT molecular complexity index is 1680. The molecule has 6 rings (SSSR count). The SMILES string of the molecule is O=C(C1=C(O)C(=O)N(c2nnc(SCc3ccccc3F)s2)C1c1ccncc1)c1cc2ccccc2o1. The first-order valence-electron chi connectivity index (χ1n) is 11.4. The predicted octanol–water partition coefficient (Wildman–Crippen LogP) is 5.89. The molecule has 0 fully saturated rings. The molecule has 3 aromatic heterocycles. The molecule has 0 radical (unpaired) electrons. The molecule has 4 heterocycles. The van der Waals surface area contributed by atoms with Gasteiger partial charge in [-0.05, 0) is 41.5 Å². The second-order valence-electron chi connectivity index (χ2n) is 8.33. The van der Waals surface area contributed by atoms with Crippen molar-refractivity contribution in [2.24, 2.45) is 0 Å². The molecule has 2 aromatic carbocycles. The number of hydrogen-bond acceptors (Lipinski definition) is 9. The number of furan rings is 1. The first-order chi connectivity index (χ1) is 18.5. The minimum atomic E-state index is -0.983. The molecule has 1 amide bonds. The van der Waals surface area contributed by atoms with Crippen molar-refractivity contribution in [3.8, 4) is 0 Å². The number of aromatic nitrogens is 3. The van der Waals surface area contributed by atoms with E-state index in [4.69, 9.17) is 4.42 Å². The number of amides is 1. The number of rotatable bonds is 7. The molecule has 188 valence electrons. The number of benzene rings is 2. The standard InChI is InChI=1S/C27H17FN4O4S2/c28-18-7-3-1-6-17(18)14-37-27-31-30-26(38-27)32-22(15-9-11-29-12-10-15)21(24(34)25(32)35)23(33)20-13-16-5-2-4-8-19(16)36-20/h1-13,22,34H,14H2. The molecule has 0 saturated heterocycles. The number of fused-ring (bicyclic) bond motifs is 1. The van der Waals surface area contributed by atoms with Crippen LogP contribution in [0.25, 0.3) is 11.0 Å². The van der Waals surface area contributed by atoms with Gasteiger partial charge in [-0.1, -0.05) is 59.5 Å². The zero-order valence-electron chi connectivity index (χ0n) is 19.4. The van der Waals surface area contributed by atoms with E-state index < -0.39 is 23.5 Å². The van der Waals surface area contributed by atoms with Crippen molar-refractivity contribution in [3.05, 3.63) is 113 Å². The fourth-order valence-electron chi connectivity index (χ4n) is 4.24. The van der Waals surface area contributed by atoms with Crippen LogP contribution >= 0.6 is 23.1 Å². The van der Waals surface area contributed by atoms with Crippen LogP contribution in [0.3, 0.4) is 0 Å². The van der Waals surface area contributed by atoms with Crippen LogP contribution in [0.2, 0.25) is 0 Å². The lowest BCUT2D eigenvalue weighted by molar-refractivity contribution is -0.117. The number of nitrogens with zero attached hydrogens (tertiary/aromatic N) is 4. The molecule has 5 aromatic rings. The summed E-state index contributed by atoms with van der Waals surface area (Å²) >= 11 is 2.38. The maximum atomic E-state index is 14.0. The summed E-state index contributed by atoms with van der Waals surface area (Å²) in [7, 11) is 0. The van der Waals surface area contributed by atoms with Gasteiger partial charge in [-0.2, -0.15) is 0 Å². The summed E-state index contributed by atoms with van der Waals surface area (Å²) in [4.78, 5) is 32.3. The summed E-state index contributed by atoms with van der Waals surface area (Å²) in [6.07, 6.45) is 3.07. The third-order valence-electron chi connectivity index (χ3n) is 6.03. The summed E-state index contributed by atoms with van der Waals surface area (Å²) < 4.78 is 20.3. The highest BCUT2D eigenvalue weighted by molar-refractivity contribution is 8.00. The highest BCUT2D eigenvalue weighted by Crippen LogP contribution is 2.44. The Kier molecular flexibility index (Phi) is 6.22. The van der Waals surface area contributed by atoms with Gasteiger partial charge in [0.15, 0.2) is 15.9 Å². The minimum Gasteiger partial charge on any atom is -0.503 e. The number of hydrogen-bond donors (Lipinski definition) is 1. The van der Waals surface area contributed by atoms with E-state index in [0.29, 0.717) is 26.8 Å². The van der Waals surface area contributed by atoms with E-state index >= 15 is 0 Å². The van der Waals surface area contributed by atoms with Crippen LogP contribution < -0.4 is 4.90 Å². The molecule has 8 nitrogen and oxygen atoms in total. The van der Waals surface area contributed by atoms with Gasteiger partial charge in [0.05, 0.1) is 11.6 Å². The van der Waals surface area contributed by atoms with Crippen LogP contribution in [0.4, 0.5) is 9.52 Å². The van der Waals surface area contributed by atoms with Crippen LogP contribution in [0, 0.1) is 5.82 Å². The lowest BCUT2D eigenvalue weighted by Gasteiger charge is -2.23. The topological polar surface area (TPSA) is 109 Å². The highest BCUT2D eigenvalue weighted by atomic mass is 32.2. The van der Waals surface area contributed by atoms with Gasteiger partial charge in [-0.25, -0.2) is 4.39 Å². The zero-order valence-corrected chi connectivity index (χ0v) is 21.1. The van der Waals surface area contributed by atoms with Gasteiger partial charge in [-0.3, -0.25) is 19.5 Å². The first-order valence-corrected chi connectivity index (χ1v) is 13.2. The van der Waals surface area contributed by atoms with Crippen LogP contribution in [-0.2, 0) is 10.5 Å². The Morgan fingerprint density at radius 2 is 1.84 bits per heavy atom. The van der Waals surface area contributed by atoms with E-state index in [9.17, 15) is 19.1 Å². The van der Waals surface area contributed by atoms with Crippen LogP contribution in [-0.4, -0.2) is 32.0 Å². The van der Waals surface area contributed by atoms with Crippen molar-refractivity contribution in [2.45, 2.75) is 16.1 Å². The van der Waals surface area contributed by atoms with E-state index in [2.05, 4.69) is 15.2 Å². The number of carbonyl (C=O) groups is 2. The summed E-state index contributed by atoms with van der Waals surface area (Å²) in [6.45, 7) is 0. The van der Waals surface area contributed by atoms with Gasteiger partial charge in [-0.15, -0.1) is 10.2 Å². The van der Waals surface area contributed by atoms with E-state index in [1.54, 1.807) is 54.6 Å². The maximum absolute atomic E-state index is 14.0. The Hall–Kier alpha value is -4.35. The Labute approximate surface area is 223 Å². The molecule has 0 bridgehead atoms. The predicted molar refractivity (Wildman–Crippen MR) is 141 cm³/mol. The monoisotopic (exact) mass is 544 g/mol. The number of para-hydroxylation sites is 1. The van der Waals surface area contributed by atoms with E-state index in [-0.39, 0.29) is 22.3 Å². The number of aliphatic hydroxyl groups excluding tert-OH is 1. The van der Waals surface area contributed by atoms with Gasteiger partial charge in [0.25, 0.3) is 5.91 Å². The van der Waals surface area contributed by atoms with Gasteiger partial charge in [0.2, 0.25) is 10.9 Å². The van der Waals surface area contributed by atoms with Crippen molar-refractivity contribution < 1.29 is 23.5 Å². The quantitative estimate of drug-likeness (QED) is 0.153. The van der Waals surface area contributed by atoms with Crippen LogP contribution in [0.15, 0.2) is 99.2 Å². The second kappa shape index (κ2) is 9.84. The zero-order chi connectivity index (χ0) is 26.2. The lowest BCUT2D eigenvalue weighted by atomic mass is 9.96. The van der Waals surface area contributed by atoms with Crippen LogP contribution in [0.1, 0.15) is 27.7 Å². The third-order valence-corrected chi connectivity index (χ3v) is 8.14. The molecule has 1 unspecified atom stereocenters. The van der Waals surface area contributed by atoms with E-state index in [1.165, 1.54) is 35.1 Å². The molecular formula is C27H17FN4O4S2. The fourth-order valence-corrected chi connectivity index (χ4v) is 6.09. The van der Waals surface area contributed by atoms with Crippen molar-refractivity contribution in [2.75, 3.05) is 4.90 Å². The molecular weight excluding hydrogens is 527 g/mol. The molecule has 0 aliphatic carbocycles. The number of thioether (sulfide) groups is 1. The molecule has 1 atom stereocenters. The molecule has 0 saturated carbocycles. The molecule has 1 aliphatic heterocycles. The summed E-state index contributed by atoms with van der Waals surface area (Å²) in [5, 5.41) is 20.2. The minimum absolute atomic E-state index is 0.000137. The van der Waals surface area contributed by atoms with E-state index in [0.717, 1.165) is 16.7 Å². The molecule has 11 heteroatoms. The summed E-state index contributed by atoms with van der Waals surface area (Å²) in [6, 6.07) is 17.5. The normalized spacial score (nSPS) is 15.6. The smallest absolute Gasteiger partial charge is 0.296 e. The average molecular weight is 545 g/mol. The van der Waals surface area contributed by atoms with Crippen molar-refractivity contribution in [3.63, 3.8) is 0 Å². The van der Waals surface area contributed by atoms with Crippen molar-refractivity contribution in [1.29, 1.82) is 0 Å². The molecule has 0 spiro atoms. The Morgan fingerprint density at radius 1 is 1.08 bits per heavy atom. The summed E-state index contributed by atoms with van der Waals surface area (Å²) in [5.74, 6) is -2.08. The van der Waals surface area contributed by atoms with Gasteiger partial charge in [0.1, 0.15) is 11.4 Å². The largest absolute Gasteiger partial charge is 0.503 e. The number of Topliss-reactive ketones (excluding diaryl/α,β-unsaturated/α-hetero) is 1. The van der Waals surface area contributed by atoms with Crippen molar-refractivity contribution in [1.82, 2.24) is 15.2 Å². The van der Waals surface area contributed by atoms with Crippen molar-refractivity contribution >= 4 is 50.9 Å². The molecule has 38 heavy (non-hydrogen) atoms. The third kappa shape index (κ3) is 4.25. The molecule has 1 aliphatic rings. The summed E-state index contributed by atoms with van der Waals surface area (Å²) in [5.41, 5.74) is 1.45. The first kappa shape index (κ1) is 24.0. The Balaban J connectivity index is 1.35. The van der Waals surface area contributed by atoms with Gasteiger partial charge < -0.3 is 9.52 Å². The number of ketones is 1. The molecule has 1 N–H and O–H groups in total. The maximum Gasteiger partial charge on any atom is 0.296 e.